The van der Waals surface area contributed by atoms with E-state index in [2.05, 4.69) is 15.9 Å². The van der Waals surface area contributed by atoms with Crippen LogP contribution in [0.4, 0.5) is 4.39 Å². The van der Waals surface area contributed by atoms with Gasteiger partial charge >= 0.3 is 0 Å². The van der Waals surface area contributed by atoms with E-state index in [9.17, 15) is 9.18 Å². The topological polar surface area (TPSA) is 26.3 Å². The highest BCUT2D eigenvalue weighted by Gasteiger charge is 2.19. The lowest BCUT2D eigenvalue weighted by atomic mass is 10.0. The molecule has 0 bridgehead atoms. The zero-order valence-electron chi connectivity index (χ0n) is 10.6. The molecule has 0 saturated carbocycles. The van der Waals surface area contributed by atoms with Crippen LogP contribution in [0.25, 0.3) is 0 Å². The molecule has 0 N–H and O–H groups in total. The number of benzene rings is 2. The van der Waals surface area contributed by atoms with Crippen LogP contribution < -0.4 is 4.74 Å². The van der Waals surface area contributed by atoms with Gasteiger partial charge in [0.25, 0.3) is 0 Å². The van der Waals surface area contributed by atoms with E-state index in [0.717, 1.165) is 0 Å². The van der Waals surface area contributed by atoms with Gasteiger partial charge in [0.15, 0.2) is 5.78 Å². The lowest BCUT2D eigenvalue weighted by molar-refractivity contribution is 0.103. The van der Waals surface area contributed by atoms with Crippen molar-refractivity contribution in [2.75, 3.05) is 6.61 Å². The van der Waals surface area contributed by atoms with Crippen molar-refractivity contribution in [1.29, 1.82) is 0 Å². The van der Waals surface area contributed by atoms with Crippen LogP contribution in [-0.4, -0.2) is 12.4 Å². The number of hydrogen-bond donors (Lipinski definition) is 0. The fourth-order valence-electron chi connectivity index (χ4n) is 1.79. The van der Waals surface area contributed by atoms with Crippen LogP contribution in [0.5, 0.6) is 5.75 Å². The maximum Gasteiger partial charge on any atom is 0.198 e. The van der Waals surface area contributed by atoms with E-state index in [1.807, 2.05) is 6.92 Å². The van der Waals surface area contributed by atoms with Gasteiger partial charge < -0.3 is 4.74 Å². The summed E-state index contributed by atoms with van der Waals surface area (Å²) in [4.78, 5) is 12.4. The summed E-state index contributed by atoms with van der Waals surface area (Å²) in [7, 11) is 0. The highest BCUT2D eigenvalue weighted by Crippen LogP contribution is 2.28. The molecule has 0 atom stereocenters. The summed E-state index contributed by atoms with van der Waals surface area (Å²) in [5, 5.41) is 0.0933. The first kappa shape index (κ1) is 15.0. The molecular weight excluding hydrogens is 347 g/mol. The van der Waals surface area contributed by atoms with Gasteiger partial charge in [-0.2, -0.15) is 0 Å². The largest absolute Gasteiger partial charge is 0.494 e. The number of halogens is 3. The molecule has 0 unspecified atom stereocenters. The Bertz CT molecular complexity index is 638. The average molecular weight is 358 g/mol. The predicted octanol–water partition coefficient (Wildman–Crippen LogP) is 4.87. The molecule has 0 fully saturated rings. The molecule has 2 rings (SSSR count). The van der Waals surface area contributed by atoms with Crippen molar-refractivity contribution < 1.29 is 13.9 Å². The summed E-state index contributed by atoms with van der Waals surface area (Å²) >= 11 is 9.20. The second-order valence-electron chi connectivity index (χ2n) is 4.00. The van der Waals surface area contributed by atoms with E-state index < -0.39 is 11.6 Å². The quantitative estimate of drug-likeness (QED) is 0.730. The van der Waals surface area contributed by atoms with E-state index in [-0.39, 0.29) is 10.6 Å². The Morgan fingerprint density at radius 3 is 2.70 bits per heavy atom. The highest BCUT2D eigenvalue weighted by molar-refractivity contribution is 9.10. The van der Waals surface area contributed by atoms with Crippen molar-refractivity contribution in [2.24, 2.45) is 0 Å². The van der Waals surface area contributed by atoms with Crippen LogP contribution in [-0.2, 0) is 0 Å². The van der Waals surface area contributed by atoms with Gasteiger partial charge in [-0.15, -0.1) is 0 Å². The van der Waals surface area contributed by atoms with E-state index in [1.165, 1.54) is 18.2 Å². The molecule has 0 amide bonds. The van der Waals surface area contributed by atoms with Crippen molar-refractivity contribution in [3.05, 3.63) is 62.8 Å². The lowest BCUT2D eigenvalue weighted by Gasteiger charge is -2.09. The predicted molar refractivity (Wildman–Crippen MR) is 80.2 cm³/mol. The second kappa shape index (κ2) is 6.37. The summed E-state index contributed by atoms with van der Waals surface area (Å²) in [5.74, 6) is -0.470. The molecular formula is C15H11BrClFO2. The van der Waals surface area contributed by atoms with Crippen LogP contribution in [0.2, 0.25) is 5.02 Å². The SMILES string of the molecule is CCOc1ccc(C(=O)c2c(F)cccc2Cl)c(Br)c1. The monoisotopic (exact) mass is 356 g/mol. The van der Waals surface area contributed by atoms with Crippen molar-refractivity contribution in [3.8, 4) is 5.75 Å². The number of carbonyl (C=O) groups is 1. The van der Waals surface area contributed by atoms with Crippen LogP contribution in [0.1, 0.15) is 22.8 Å². The zero-order valence-corrected chi connectivity index (χ0v) is 13.0. The number of hydrogen-bond acceptors (Lipinski definition) is 2. The summed E-state index contributed by atoms with van der Waals surface area (Å²) in [5.41, 5.74) is 0.208. The molecule has 0 radical (unpaired) electrons. The van der Waals surface area contributed by atoms with Crippen molar-refractivity contribution in [1.82, 2.24) is 0 Å². The molecule has 2 aromatic carbocycles. The Hall–Kier alpha value is -1.39. The number of ether oxygens (including phenoxy) is 1. The Morgan fingerprint density at radius 1 is 1.35 bits per heavy atom. The van der Waals surface area contributed by atoms with E-state index >= 15 is 0 Å². The molecule has 20 heavy (non-hydrogen) atoms. The first-order valence-electron chi connectivity index (χ1n) is 5.95. The van der Waals surface area contributed by atoms with Gasteiger partial charge in [0, 0.05) is 10.0 Å². The molecule has 2 nitrogen and oxygen atoms in total. The lowest BCUT2D eigenvalue weighted by Crippen LogP contribution is -2.06. The standard InChI is InChI=1S/C15H11BrClFO2/c1-2-20-9-6-7-10(11(16)8-9)15(19)14-12(17)4-3-5-13(14)18/h3-8H,2H2,1H3. The van der Waals surface area contributed by atoms with E-state index in [1.54, 1.807) is 18.2 Å². The third-order valence-electron chi connectivity index (χ3n) is 2.69. The van der Waals surface area contributed by atoms with Crippen molar-refractivity contribution >= 4 is 33.3 Å². The summed E-state index contributed by atoms with van der Waals surface area (Å²) < 4.78 is 19.6. The molecule has 0 aromatic heterocycles. The molecule has 0 aliphatic rings. The van der Waals surface area contributed by atoms with Crippen LogP contribution in [0.3, 0.4) is 0 Å². The van der Waals surface area contributed by atoms with Gasteiger partial charge in [-0.3, -0.25) is 4.79 Å². The minimum Gasteiger partial charge on any atom is -0.494 e. The normalized spacial score (nSPS) is 10.4. The first-order chi connectivity index (χ1) is 9.54. The molecule has 0 heterocycles. The summed E-state index contributed by atoms with van der Waals surface area (Å²) in [6.45, 7) is 2.39. The molecule has 5 heteroatoms. The number of rotatable bonds is 4. The molecule has 0 aliphatic carbocycles. The van der Waals surface area contributed by atoms with Gasteiger partial charge in [-0.05, 0) is 53.2 Å². The van der Waals surface area contributed by atoms with Gasteiger partial charge in [0.2, 0.25) is 0 Å². The fourth-order valence-corrected chi connectivity index (χ4v) is 2.57. The van der Waals surface area contributed by atoms with Crippen LogP contribution in [0, 0.1) is 5.82 Å². The smallest absolute Gasteiger partial charge is 0.198 e. The van der Waals surface area contributed by atoms with E-state index in [0.29, 0.717) is 22.4 Å². The zero-order chi connectivity index (χ0) is 14.7. The second-order valence-corrected chi connectivity index (χ2v) is 5.26. The Labute approximate surface area is 129 Å². The Morgan fingerprint density at radius 2 is 2.10 bits per heavy atom. The average Bonchev–Trinajstić information content (AvgIpc) is 2.38. The van der Waals surface area contributed by atoms with Gasteiger partial charge in [-0.1, -0.05) is 17.7 Å². The number of ketones is 1. The van der Waals surface area contributed by atoms with E-state index in [4.69, 9.17) is 16.3 Å². The summed E-state index contributed by atoms with van der Waals surface area (Å²) in [6, 6.07) is 9.07. The maximum absolute atomic E-state index is 13.8. The highest BCUT2D eigenvalue weighted by atomic mass is 79.9. The fraction of sp³-hybridized carbons (Fsp3) is 0.133. The summed E-state index contributed by atoms with van der Waals surface area (Å²) in [6.07, 6.45) is 0. The van der Waals surface area contributed by atoms with Crippen LogP contribution >= 0.6 is 27.5 Å². The molecule has 0 saturated heterocycles. The first-order valence-corrected chi connectivity index (χ1v) is 7.12. The van der Waals surface area contributed by atoms with Crippen LogP contribution in [0.15, 0.2) is 40.9 Å². The third-order valence-corrected chi connectivity index (χ3v) is 3.66. The minimum atomic E-state index is -0.636. The van der Waals surface area contributed by atoms with Crippen molar-refractivity contribution in [3.63, 3.8) is 0 Å². The maximum atomic E-state index is 13.8. The molecule has 2 aromatic rings. The molecule has 0 spiro atoms. The number of carbonyl (C=O) groups excluding carboxylic acids is 1. The third kappa shape index (κ3) is 3.02. The molecule has 0 aliphatic heterocycles. The van der Waals surface area contributed by atoms with Gasteiger partial charge in [0.05, 0.1) is 17.2 Å². The molecule has 104 valence electrons. The van der Waals surface area contributed by atoms with Crippen molar-refractivity contribution in [2.45, 2.75) is 6.92 Å². The minimum absolute atomic E-state index is 0.0933. The van der Waals surface area contributed by atoms with Gasteiger partial charge in [-0.25, -0.2) is 4.39 Å². The Balaban J connectivity index is 2.44. The van der Waals surface area contributed by atoms with Gasteiger partial charge in [0.1, 0.15) is 11.6 Å². The Kier molecular flexibility index (Phi) is 4.78.